The first kappa shape index (κ1) is 31.0. The van der Waals surface area contributed by atoms with E-state index in [2.05, 4.69) is 25.3 Å². The molecular weight excluding hydrogens is 511 g/mol. The molecule has 0 aromatic rings. The molecule has 64 valence electrons. The van der Waals surface area contributed by atoms with E-state index in [0.717, 1.165) is 0 Å². The van der Waals surface area contributed by atoms with Gasteiger partial charge in [0, 0.05) is 0 Å². The number of nitriles is 4. The Balaban J connectivity index is -0.0000000361. The van der Waals surface area contributed by atoms with Gasteiger partial charge in [-0.25, -0.2) is 10.5 Å². The molecule has 0 unspecified atom stereocenters. The SMILES string of the molecule is N#C[S-].N#C[S-].N#C[S][Hg][S]C#N.[K+].[K+]. The molecule has 0 bridgehead atoms. The molecule has 0 heterocycles. The summed E-state index contributed by atoms with van der Waals surface area (Å²) in [5.74, 6) is 0. The van der Waals surface area contributed by atoms with Gasteiger partial charge in [-0.2, -0.15) is 0 Å². The van der Waals surface area contributed by atoms with Crippen molar-refractivity contribution in [2.75, 3.05) is 0 Å². The molecule has 0 spiro atoms. The molecular formula is C4HgK2N4S4. The maximum absolute atomic E-state index is 7.94. The number of rotatable bonds is 2. The van der Waals surface area contributed by atoms with Crippen LogP contribution >= 0.6 is 16.5 Å². The van der Waals surface area contributed by atoms with Crippen molar-refractivity contribution in [2.24, 2.45) is 0 Å². The molecule has 0 fully saturated rings. The molecule has 11 heteroatoms. The molecule has 0 aliphatic carbocycles. The fourth-order valence-corrected chi connectivity index (χ4v) is 6.49. The van der Waals surface area contributed by atoms with Crippen molar-refractivity contribution in [2.45, 2.75) is 0 Å². The average molecular weight is 511 g/mol. The van der Waals surface area contributed by atoms with Crippen LogP contribution in [0.2, 0.25) is 0 Å². The van der Waals surface area contributed by atoms with E-state index in [1.807, 2.05) is 10.8 Å². The zero-order valence-corrected chi connectivity index (χ0v) is 23.1. The van der Waals surface area contributed by atoms with Gasteiger partial charge in [-0.15, -0.1) is 0 Å². The van der Waals surface area contributed by atoms with Crippen LogP contribution in [0.5, 0.6) is 0 Å². The van der Waals surface area contributed by atoms with Crippen LogP contribution in [0.1, 0.15) is 0 Å². The van der Waals surface area contributed by atoms with Gasteiger partial charge in [0.15, 0.2) is 0 Å². The van der Waals surface area contributed by atoms with E-state index >= 15 is 0 Å². The summed E-state index contributed by atoms with van der Waals surface area (Å²) in [6.45, 7) is 0. The molecule has 0 rings (SSSR count). The monoisotopic (exact) mass is 512 g/mol. The summed E-state index contributed by atoms with van der Waals surface area (Å²) in [4.78, 5) is 0. The van der Waals surface area contributed by atoms with Gasteiger partial charge >= 0.3 is 162 Å². The molecule has 0 amide bonds. The fourth-order valence-electron chi connectivity index (χ4n) is 0.0822. The zero-order chi connectivity index (χ0) is 10.9. The molecule has 0 aliphatic heterocycles. The molecule has 0 aromatic carbocycles. The Morgan fingerprint density at radius 2 is 1.00 bits per heavy atom. The summed E-state index contributed by atoms with van der Waals surface area (Å²) in [5, 5.41) is 36.7. The van der Waals surface area contributed by atoms with E-state index < -0.39 is 21.5 Å². The smallest absolute Gasteiger partial charge is 1.00 e. The molecule has 0 aromatic heterocycles. The number of thiocyanates is 4. The van der Waals surface area contributed by atoms with E-state index in [0.29, 0.717) is 0 Å². The van der Waals surface area contributed by atoms with Crippen molar-refractivity contribution in [1.29, 1.82) is 21.0 Å². The van der Waals surface area contributed by atoms with E-state index in [1.54, 1.807) is 0 Å². The van der Waals surface area contributed by atoms with Gasteiger partial charge in [-0.3, -0.25) is 0 Å². The molecule has 0 aliphatic rings. The normalized spacial score (nSPS) is 3.47. The minimum atomic E-state index is -1.09. The molecule has 0 N–H and O–H groups in total. The van der Waals surface area contributed by atoms with Crippen molar-refractivity contribution >= 4 is 41.7 Å². The van der Waals surface area contributed by atoms with E-state index in [-0.39, 0.29) is 103 Å². The Morgan fingerprint density at radius 1 is 0.800 bits per heavy atom. The van der Waals surface area contributed by atoms with E-state index in [9.17, 15) is 0 Å². The summed E-state index contributed by atoms with van der Waals surface area (Å²) in [6, 6.07) is 0. The standard InChI is InChI=1S/4CHNS.Hg.2K/c4*2-1-3;;;/h4*3H;;;/q;;;;+2;2*+1/p-4. The Morgan fingerprint density at radius 3 is 1.13 bits per heavy atom. The van der Waals surface area contributed by atoms with Crippen LogP contribution in [-0.4, -0.2) is 0 Å². The first-order valence-corrected chi connectivity index (χ1v) is 18.5. The molecule has 0 saturated carbocycles. The second-order valence-corrected chi connectivity index (χ2v) is 18.0. The largest absolute Gasteiger partial charge is 1.00 e. The number of hydrogen-bond donors (Lipinski definition) is 0. The van der Waals surface area contributed by atoms with E-state index in [4.69, 9.17) is 21.0 Å². The van der Waals surface area contributed by atoms with Crippen LogP contribution in [-0.2, 0) is 46.8 Å². The van der Waals surface area contributed by atoms with Crippen LogP contribution in [0.15, 0.2) is 0 Å². The van der Waals surface area contributed by atoms with Gasteiger partial charge in [-0.1, -0.05) is 10.8 Å². The first-order valence-electron chi connectivity index (χ1n) is 2.29. The van der Waals surface area contributed by atoms with Crippen molar-refractivity contribution < 1.29 is 124 Å². The Bertz CT molecular complexity index is 225. The van der Waals surface area contributed by atoms with Gasteiger partial charge in [0.1, 0.15) is 0 Å². The average Bonchev–Trinajstić information content (AvgIpc) is 2.08. The summed E-state index contributed by atoms with van der Waals surface area (Å²) in [7, 11) is 2.60. The topological polar surface area (TPSA) is 95.2 Å². The van der Waals surface area contributed by atoms with Gasteiger partial charge < -0.3 is 25.3 Å². The van der Waals surface area contributed by atoms with Gasteiger partial charge in [0.25, 0.3) is 0 Å². The third kappa shape index (κ3) is 75.9. The molecule has 4 nitrogen and oxygen atoms in total. The second kappa shape index (κ2) is 43.3. The Labute approximate surface area is 203 Å². The number of nitrogens with zero attached hydrogens (tertiary/aromatic N) is 4. The molecule has 0 radical (unpaired) electrons. The van der Waals surface area contributed by atoms with Gasteiger partial charge in [0.2, 0.25) is 0 Å². The predicted octanol–water partition coefficient (Wildman–Crippen LogP) is -4.64. The van der Waals surface area contributed by atoms with Crippen molar-refractivity contribution in [1.82, 2.24) is 0 Å². The number of hydrogen-bond acceptors (Lipinski definition) is 8. The molecule has 0 atom stereocenters. The minimum absolute atomic E-state index is 0. The maximum Gasteiger partial charge on any atom is 1.00 e. The maximum atomic E-state index is 7.94. The van der Waals surface area contributed by atoms with E-state index in [1.165, 1.54) is 27.3 Å². The van der Waals surface area contributed by atoms with Crippen LogP contribution in [0.3, 0.4) is 0 Å². The van der Waals surface area contributed by atoms with Crippen molar-refractivity contribution in [3.63, 3.8) is 0 Å². The van der Waals surface area contributed by atoms with Gasteiger partial charge in [0.05, 0.1) is 0 Å². The summed E-state index contributed by atoms with van der Waals surface area (Å²) >= 11 is 6.30. The molecule has 0 saturated heterocycles. The summed E-state index contributed by atoms with van der Waals surface area (Å²) in [5.41, 5.74) is 0. The second-order valence-electron chi connectivity index (χ2n) is 0.772. The Kier molecular flexibility index (Phi) is 89.4. The van der Waals surface area contributed by atoms with Crippen LogP contribution in [0, 0.1) is 42.7 Å². The first-order chi connectivity index (χ1) is 6.24. The van der Waals surface area contributed by atoms with Crippen molar-refractivity contribution in [3.8, 4) is 21.6 Å². The van der Waals surface area contributed by atoms with Crippen LogP contribution < -0.4 is 103 Å². The van der Waals surface area contributed by atoms with Crippen molar-refractivity contribution in [3.05, 3.63) is 0 Å². The van der Waals surface area contributed by atoms with Crippen LogP contribution in [0.25, 0.3) is 0 Å². The predicted molar refractivity (Wildman–Crippen MR) is 52.4 cm³/mol. The van der Waals surface area contributed by atoms with Crippen LogP contribution in [0.4, 0.5) is 0 Å². The molecule has 15 heavy (non-hydrogen) atoms. The van der Waals surface area contributed by atoms with Gasteiger partial charge in [-0.05, 0) is 0 Å². The quantitative estimate of drug-likeness (QED) is 0.158. The zero-order valence-electron chi connectivity index (χ0n) is 8.13. The fraction of sp³-hybridized carbons (Fsp3) is 0. The summed E-state index contributed by atoms with van der Waals surface area (Å²) < 4.78 is 0. The third-order valence-corrected chi connectivity index (χ3v) is 12.7. The minimum Gasteiger partial charge on any atom is 1.00 e. The Hall–Kier alpha value is 3.31. The summed E-state index contributed by atoms with van der Waals surface area (Å²) in [6.07, 6.45) is 0. The third-order valence-electron chi connectivity index (χ3n) is 0.247.